The fourth-order valence-corrected chi connectivity index (χ4v) is 3.77. The molecule has 1 aliphatic carbocycles. The Labute approximate surface area is 130 Å². The molecular formula is C17H22N2O3. The van der Waals surface area contributed by atoms with Gasteiger partial charge in [-0.1, -0.05) is 6.07 Å². The van der Waals surface area contributed by atoms with Gasteiger partial charge < -0.3 is 14.7 Å². The molecule has 3 fully saturated rings. The van der Waals surface area contributed by atoms with Gasteiger partial charge in [0.25, 0.3) is 5.91 Å². The van der Waals surface area contributed by atoms with Gasteiger partial charge in [-0.25, -0.2) is 0 Å². The molecule has 4 rings (SSSR count). The van der Waals surface area contributed by atoms with Crippen LogP contribution in [0.5, 0.6) is 5.75 Å². The minimum absolute atomic E-state index is 0.00379. The smallest absolute Gasteiger partial charge is 0.254 e. The maximum atomic E-state index is 12.6. The Morgan fingerprint density at radius 2 is 2.09 bits per heavy atom. The fraction of sp³-hybridized carbons (Fsp3) is 0.588. The van der Waals surface area contributed by atoms with E-state index in [1.54, 1.807) is 24.3 Å². The highest BCUT2D eigenvalue weighted by Crippen LogP contribution is 2.38. The van der Waals surface area contributed by atoms with Crippen LogP contribution in [0.15, 0.2) is 24.3 Å². The second-order valence-corrected chi connectivity index (χ2v) is 6.64. The first-order valence-corrected chi connectivity index (χ1v) is 8.14. The zero-order chi connectivity index (χ0) is 15.1. The van der Waals surface area contributed by atoms with Gasteiger partial charge in [-0.05, 0) is 37.0 Å². The summed E-state index contributed by atoms with van der Waals surface area (Å²) in [6.45, 7) is 3.97. The molecule has 0 aromatic heterocycles. The molecule has 2 atom stereocenters. The van der Waals surface area contributed by atoms with E-state index in [0.29, 0.717) is 24.3 Å². The third-order valence-electron chi connectivity index (χ3n) is 5.10. The maximum Gasteiger partial charge on any atom is 0.254 e. The summed E-state index contributed by atoms with van der Waals surface area (Å²) >= 11 is 0. The first-order chi connectivity index (χ1) is 10.7. The summed E-state index contributed by atoms with van der Waals surface area (Å²) in [6.07, 6.45) is 2.65. The van der Waals surface area contributed by atoms with Gasteiger partial charge in [-0.15, -0.1) is 0 Å². The lowest BCUT2D eigenvalue weighted by atomic mass is 10.0. The van der Waals surface area contributed by atoms with Gasteiger partial charge in [0.15, 0.2) is 0 Å². The monoisotopic (exact) mass is 302 g/mol. The first kappa shape index (κ1) is 14.0. The Morgan fingerprint density at radius 1 is 1.23 bits per heavy atom. The van der Waals surface area contributed by atoms with Crippen molar-refractivity contribution in [1.82, 2.24) is 9.80 Å². The molecule has 3 aliphatic rings. The predicted octanol–water partition coefficient (Wildman–Crippen LogP) is 1.33. The molecule has 22 heavy (non-hydrogen) atoms. The highest BCUT2D eigenvalue weighted by atomic mass is 16.5. The van der Waals surface area contributed by atoms with Gasteiger partial charge in [0.05, 0.1) is 19.3 Å². The van der Waals surface area contributed by atoms with E-state index in [9.17, 15) is 9.90 Å². The van der Waals surface area contributed by atoms with Crippen LogP contribution < -0.4 is 0 Å². The van der Waals surface area contributed by atoms with Crippen molar-refractivity contribution < 1.29 is 14.6 Å². The van der Waals surface area contributed by atoms with E-state index in [-0.39, 0.29) is 11.7 Å². The summed E-state index contributed by atoms with van der Waals surface area (Å²) in [6, 6.07) is 7.47. The Balaban J connectivity index is 1.46. The molecule has 1 aromatic rings. The number of ether oxygens (including phenoxy) is 1. The normalized spacial score (nSPS) is 29.2. The highest BCUT2D eigenvalue weighted by Gasteiger charge is 2.43. The number of aromatic hydroxyl groups is 1. The maximum absolute atomic E-state index is 12.6. The number of morpholine rings is 1. The molecule has 1 N–H and O–H groups in total. The number of piperazine rings is 1. The number of carbonyl (C=O) groups is 1. The average Bonchev–Trinajstić information content (AvgIpc) is 3.38. The number of phenols is 1. The number of benzene rings is 1. The van der Waals surface area contributed by atoms with Crippen LogP contribution in [-0.2, 0) is 4.74 Å². The molecule has 2 saturated heterocycles. The molecule has 1 aromatic carbocycles. The van der Waals surface area contributed by atoms with Crippen molar-refractivity contribution in [3.05, 3.63) is 29.8 Å². The molecule has 0 radical (unpaired) electrons. The van der Waals surface area contributed by atoms with Crippen molar-refractivity contribution in [3.63, 3.8) is 0 Å². The molecule has 2 aliphatic heterocycles. The number of hydrogen-bond acceptors (Lipinski definition) is 4. The van der Waals surface area contributed by atoms with E-state index in [4.69, 9.17) is 4.74 Å². The van der Waals surface area contributed by atoms with Gasteiger partial charge >= 0.3 is 0 Å². The first-order valence-electron chi connectivity index (χ1n) is 8.14. The second-order valence-electron chi connectivity index (χ2n) is 6.64. The van der Waals surface area contributed by atoms with Crippen molar-refractivity contribution in [1.29, 1.82) is 0 Å². The van der Waals surface area contributed by atoms with Gasteiger partial charge in [0.2, 0.25) is 0 Å². The molecule has 5 nitrogen and oxygen atoms in total. The Bertz CT molecular complexity index is 573. The zero-order valence-electron chi connectivity index (χ0n) is 12.6. The lowest BCUT2D eigenvalue weighted by Crippen LogP contribution is -2.63. The van der Waals surface area contributed by atoms with Gasteiger partial charge in [0.1, 0.15) is 5.75 Å². The molecule has 0 spiro atoms. The minimum atomic E-state index is 0.00379. The summed E-state index contributed by atoms with van der Waals surface area (Å²) in [7, 11) is 0. The number of phenolic OH excluding ortho intramolecular Hbond substituents is 1. The van der Waals surface area contributed by atoms with Crippen molar-refractivity contribution in [2.45, 2.75) is 24.9 Å². The van der Waals surface area contributed by atoms with E-state index >= 15 is 0 Å². The fourth-order valence-electron chi connectivity index (χ4n) is 3.77. The molecule has 5 heteroatoms. The van der Waals surface area contributed by atoms with E-state index in [2.05, 4.69) is 4.90 Å². The van der Waals surface area contributed by atoms with Crippen LogP contribution in [-0.4, -0.2) is 65.7 Å². The number of carbonyl (C=O) groups excluding carboxylic acids is 1. The Morgan fingerprint density at radius 3 is 2.86 bits per heavy atom. The molecule has 1 saturated carbocycles. The number of nitrogens with zero attached hydrogens (tertiary/aromatic N) is 2. The highest BCUT2D eigenvalue weighted by molar-refractivity contribution is 5.94. The van der Waals surface area contributed by atoms with Crippen LogP contribution in [0.3, 0.4) is 0 Å². The van der Waals surface area contributed by atoms with Gasteiger partial charge in [-0.3, -0.25) is 9.69 Å². The summed E-state index contributed by atoms with van der Waals surface area (Å²) in [4.78, 5) is 17.1. The van der Waals surface area contributed by atoms with Crippen LogP contribution in [0.4, 0.5) is 0 Å². The van der Waals surface area contributed by atoms with Crippen LogP contribution >= 0.6 is 0 Å². The molecule has 2 heterocycles. The Kier molecular flexibility index (Phi) is 3.54. The number of hydrogen-bond donors (Lipinski definition) is 1. The summed E-state index contributed by atoms with van der Waals surface area (Å²) in [5, 5.41) is 9.55. The predicted molar refractivity (Wildman–Crippen MR) is 81.8 cm³/mol. The third-order valence-corrected chi connectivity index (χ3v) is 5.10. The minimum Gasteiger partial charge on any atom is -0.508 e. The standard InChI is InChI=1S/C17H22N2O3/c20-15-3-1-2-13(8-15)17(21)18-6-7-19-14(9-18)10-22-11-16(19)12-4-5-12/h1-3,8,12,14,16,20H,4-7,9-11H2. The number of rotatable bonds is 2. The van der Waals surface area contributed by atoms with Gasteiger partial charge in [0, 0.05) is 31.2 Å². The third kappa shape index (κ3) is 2.59. The SMILES string of the molecule is O=C(c1cccc(O)c1)N1CCN2C(COCC2C2CC2)C1. The molecule has 118 valence electrons. The van der Waals surface area contributed by atoms with Crippen LogP contribution in [0, 0.1) is 5.92 Å². The summed E-state index contributed by atoms with van der Waals surface area (Å²) in [5.74, 6) is 0.944. The summed E-state index contributed by atoms with van der Waals surface area (Å²) < 4.78 is 5.79. The average molecular weight is 302 g/mol. The topological polar surface area (TPSA) is 53.0 Å². The summed E-state index contributed by atoms with van der Waals surface area (Å²) in [5.41, 5.74) is 0.559. The van der Waals surface area contributed by atoms with Crippen molar-refractivity contribution in [2.24, 2.45) is 5.92 Å². The zero-order valence-corrected chi connectivity index (χ0v) is 12.6. The van der Waals surface area contributed by atoms with Crippen molar-refractivity contribution >= 4 is 5.91 Å². The van der Waals surface area contributed by atoms with Crippen molar-refractivity contribution in [3.8, 4) is 5.75 Å². The molecular weight excluding hydrogens is 280 g/mol. The van der Waals surface area contributed by atoms with Crippen LogP contribution in [0.1, 0.15) is 23.2 Å². The molecule has 1 amide bonds. The van der Waals surface area contributed by atoms with Crippen LogP contribution in [0.25, 0.3) is 0 Å². The number of fused-ring (bicyclic) bond motifs is 1. The van der Waals surface area contributed by atoms with Crippen molar-refractivity contribution in [2.75, 3.05) is 32.8 Å². The quantitative estimate of drug-likeness (QED) is 0.895. The van der Waals surface area contributed by atoms with Crippen LogP contribution in [0.2, 0.25) is 0 Å². The Hall–Kier alpha value is -1.59. The van der Waals surface area contributed by atoms with E-state index in [1.807, 2.05) is 4.90 Å². The number of amides is 1. The van der Waals surface area contributed by atoms with E-state index in [0.717, 1.165) is 32.2 Å². The molecule has 2 unspecified atom stereocenters. The van der Waals surface area contributed by atoms with Gasteiger partial charge in [-0.2, -0.15) is 0 Å². The van der Waals surface area contributed by atoms with E-state index in [1.165, 1.54) is 12.8 Å². The van der Waals surface area contributed by atoms with E-state index < -0.39 is 0 Å². The lowest BCUT2D eigenvalue weighted by Gasteiger charge is -2.48. The second kappa shape index (κ2) is 5.56. The molecule has 0 bridgehead atoms. The largest absolute Gasteiger partial charge is 0.508 e. The lowest BCUT2D eigenvalue weighted by molar-refractivity contribution is -0.0816.